The first-order chi connectivity index (χ1) is 20.5. The second-order valence-corrected chi connectivity index (χ2v) is 11.0. The summed E-state index contributed by atoms with van der Waals surface area (Å²) in [6, 6.07) is 11.0. The number of aliphatic hydroxyl groups is 2. The summed E-state index contributed by atoms with van der Waals surface area (Å²) in [6.07, 6.45) is 3.59. The molecule has 0 spiro atoms. The molecule has 4 N–H and O–H groups in total. The first kappa shape index (κ1) is 29.8. The Morgan fingerprint density at radius 2 is 1.98 bits per heavy atom. The average molecular weight is 589 g/mol. The summed E-state index contributed by atoms with van der Waals surface area (Å²) in [6.45, 7) is 3.60. The monoisotopic (exact) mass is 588 g/mol. The number of anilines is 1. The van der Waals surface area contributed by atoms with E-state index in [1.807, 2.05) is 12.1 Å². The maximum atomic E-state index is 14.8. The molecular weight excluding hydrogens is 555 g/mol. The van der Waals surface area contributed by atoms with E-state index in [0.29, 0.717) is 58.6 Å². The van der Waals surface area contributed by atoms with E-state index in [0.717, 1.165) is 17.3 Å². The first-order valence-electron chi connectivity index (χ1n) is 13.7. The highest BCUT2D eigenvalue weighted by molar-refractivity contribution is 6.05. The zero-order chi connectivity index (χ0) is 30.9. The predicted octanol–water partition coefficient (Wildman–Crippen LogP) is 4.44. The van der Waals surface area contributed by atoms with Crippen LogP contribution in [0, 0.1) is 5.82 Å². The topological polar surface area (TPSA) is 144 Å². The highest BCUT2D eigenvalue weighted by Crippen LogP contribution is 2.35. The quantitative estimate of drug-likeness (QED) is 0.248. The van der Waals surface area contributed by atoms with Gasteiger partial charge in [0.2, 0.25) is 0 Å². The molecule has 0 fully saturated rings. The van der Waals surface area contributed by atoms with Crippen molar-refractivity contribution < 1.29 is 29.0 Å². The smallest absolute Gasteiger partial charge is 0.392 e. The van der Waals surface area contributed by atoms with Gasteiger partial charge < -0.3 is 30.3 Å². The van der Waals surface area contributed by atoms with Crippen molar-refractivity contribution in [3.63, 3.8) is 0 Å². The van der Waals surface area contributed by atoms with Crippen molar-refractivity contribution in [1.82, 2.24) is 24.9 Å². The van der Waals surface area contributed by atoms with Gasteiger partial charge in [-0.3, -0.25) is 4.79 Å². The summed E-state index contributed by atoms with van der Waals surface area (Å²) in [7, 11) is 3.25. The van der Waals surface area contributed by atoms with Crippen molar-refractivity contribution in [2.75, 3.05) is 32.5 Å². The zero-order valence-corrected chi connectivity index (χ0v) is 24.3. The Morgan fingerprint density at radius 3 is 2.63 bits per heavy atom. The third kappa shape index (κ3) is 6.26. The lowest BCUT2D eigenvalue weighted by Crippen LogP contribution is -2.35. The summed E-state index contributed by atoms with van der Waals surface area (Å²) in [4.78, 5) is 43.9. The standard InChI is InChI=1S/C31H33FN6O5/c1-31(2,42)19-8-9-21(24(32)14-19)29(40)36-25-7-5-6-20(23(25)16-39)27-22-15-26(35-28(22)34-17-33-27)18-10-12-38(13-11-18)43-30(41)37(3)4/h5-10,14-15,17,39,42H,11-13,16H2,1-4H3,(H,36,40)(H,33,34,35). The molecule has 0 radical (unpaired) electrons. The molecule has 2 aromatic carbocycles. The van der Waals surface area contributed by atoms with E-state index in [4.69, 9.17) is 4.84 Å². The summed E-state index contributed by atoms with van der Waals surface area (Å²) >= 11 is 0. The van der Waals surface area contributed by atoms with Gasteiger partial charge in [0.15, 0.2) is 0 Å². The molecule has 2 amide bonds. The molecular formula is C31H33FN6O5. The number of carbonyl (C=O) groups is 2. The normalized spacial score (nSPS) is 14.0. The van der Waals surface area contributed by atoms with E-state index in [2.05, 4.69) is 20.3 Å². The van der Waals surface area contributed by atoms with Gasteiger partial charge in [0.25, 0.3) is 5.91 Å². The van der Waals surface area contributed by atoms with Crippen LogP contribution in [-0.4, -0.2) is 74.3 Å². The predicted molar refractivity (Wildman–Crippen MR) is 159 cm³/mol. The van der Waals surface area contributed by atoms with E-state index in [-0.39, 0.29) is 5.56 Å². The summed E-state index contributed by atoms with van der Waals surface area (Å²) < 4.78 is 14.8. The minimum Gasteiger partial charge on any atom is -0.392 e. The maximum Gasteiger partial charge on any atom is 0.428 e. The van der Waals surface area contributed by atoms with Crippen molar-refractivity contribution >= 4 is 34.3 Å². The van der Waals surface area contributed by atoms with Crippen LogP contribution < -0.4 is 5.32 Å². The lowest BCUT2D eigenvalue weighted by atomic mass is 9.96. The number of hydrogen-bond acceptors (Lipinski definition) is 8. The third-order valence-corrected chi connectivity index (χ3v) is 7.27. The summed E-state index contributed by atoms with van der Waals surface area (Å²) in [5.74, 6) is -1.47. The van der Waals surface area contributed by atoms with E-state index < -0.39 is 30.0 Å². The molecule has 4 aromatic rings. The largest absolute Gasteiger partial charge is 0.428 e. The molecule has 224 valence electrons. The molecule has 0 aliphatic carbocycles. The molecule has 12 heteroatoms. The molecule has 43 heavy (non-hydrogen) atoms. The number of H-pyrrole nitrogens is 1. The number of nitrogens with one attached hydrogen (secondary N) is 2. The van der Waals surface area contributed by atoms with Gasteiger partial charge in [-0.1, -0.05) is 24.3 Å². The number of aliphatic hydroxyl groups excluding tert-OH is 1. The van der Waals surface area contributed by atoms with E-state index in [9.17, 15) is 24.2 Å². The Labute approximate surface area is 247 Å². The summed E-state index contributed by atoms with van der Waals surface area (Å²) in [5, 5.41) is 25.6. The number of halogens is 1. The van der Waals surface area contributed by atoms with Crippen LogP contribution in [0.4, 0.5) is 14.9 Å². The number of aromatic amines is 1. The van der Waals surface area contributed by atoms with Crippen molar-refractivity contribution in [3.05, 3.63) is 83.1 Å². The van der Waals surface area contributed by atoms with Crippen LogP contribution >= 0.6 is 0 Å². The van der Waals surface area contributed by atoms with Crippen LogP contribution in [0.25, 0.3) is 27.9 Å². The van der Waals surface area contributed by atoms with E-state index in [1.165, 1.54) is 37.2 Å². The Morgan fingerprint density at radius 1 is 1.19 bits per heavy atom. The van der Waals surface area contributed by atoms with Gasteiger partial charge >= 0.3 is 6.09 Å². The molecule has 0 atom stereocenters. The number of aromatic nitrogens is 3. The Hall–Kier alpha value is -4.65. The second-order valence-electron chi connectivity index (χ2n) is 11.0. The second kappa shape index (κ2) is 11.9. The van der Waals surface area contributed by atoms with Gasteiger partial charge in [0.1, 0.15) is 17.8 Å². The number of hydrogen-bond donors (Lipinski definition) is 4. The number of benzene rings is 2. The molecule has 2 aromatic heterocycles. The lowest BCUT2D eigenvalue weighted by Gasteiger charge is -2.25. The van der Waals surface area contributed by atoms with Crippen molar-refractivity contribution in [2.45, 2.75) is 32.5 Å². The number of rotatable bonds is 7. The van der Waals surface area contributed by atoms with Crippen LogP contribution in [0.15, 0.2) is 54.9 Å². The fourth-order valence-electron chi connectivity index (χ4n) is 4.86. The molecule has 1 aliphatic rings. The van der Waals surface area contributed by atoms with Gasteiger partial charge in [0.05, 0.1) is 30.0 Å². The van der Waals surface area contributed by atoms with Crippen molar-refractivity contribution in [3.8, 4) is 11.3 Å². The minimum atomic E-state index is -1.26. The fraction of sp³-hybridized carbons (Fsp3) is 0.290. The van der Waals surface area contributed by atoms with E-state index >= 15 is 0 Å². The third-order valence-electron chi connectivity index (χ3n) is 7.27. The number of carbonyl (C=O) groups excluding carboxylic acids is 2. The highest BCUT2D eigenvalue weighted by Gasteiger charge is 2.23. The van der Waals surface area contributed by atoms with Crippen LogP contribution in [0.2, 0.25) is 0 Å². The Kier molecular flexibility index (Phi) is 8.27. The van der Waals surface area contributed by atoms with Crippen LogP contribution in [0.5, 0.6) is 0 Å². The fourth-order valence-corrected chi connectivity index (χ4v) is 4.86. The Balaban J connectivity index is 1.43. The molecule has 11 nitrogen and oxygen atoms in total. The summed E-state index contributed by atoms with van der Waals surface area (Å²) in [5.41, 5.74) is 3.19. The molecule has 0 unspecified atom stereocenters. The zero-order valence-electron chi connectivity index (χ0n) is 24.3. The maximum absolute atomic E-state index is 14.8. The molecule has 0 bridgehead atoms. The Bertz CT molecular complexity index is 1730. The molecule has 1 aliphatic heterocycles. The average Bonchev–Trinajstić information content (AvgIpc) is 3.41. The lowest BCUT2D eigenvalue weighted by molar-refractivity contribution is -0.101. The van der Waals surface area contributed by atoms with Gasteiger partial charge in [-0.05, 0) is 55.7 Å². The SMILES string of the molecule is CN(C)C(=O)ON1CC=C(c2cc3c(-c4cccc(NC(=O)c5ccc(C(C)(C)O)cc5F)c4CO)ncnc3[nH]2)CC1. The number of amides is 2. The van der Waals surface area contributed by atoms with Gasteiger partial charge in [-0.15, -0.1) is 5.06 Å². The number of fused-ring (bicyclic) bond motifs is 1. The molecule has 3 heterocycles. The number of nitrogens with zero attached hydrogens (tertiary/aromatic N) is 4. The van der Waals surface area contributed by atoms with E-state index in [1.54, 1.807) is 37.4 Å². The molecule has 0 saturated heterocycles. The van der Waals surface area contributed by atoms with Gasteiger partial charge in [0, 0.05) is 48.5 Å². The van der Waals surface area contributed by atoms with Gasteiger partial charge in [-0.25, -0.2) is 19.2 Å². The molecule has 5 rings (SSSR count). The molecule has 0 saturated carbocycles. The van der Waals surface area contributed by atoms with Gasteiger partial charge in [-0.2, -0.15) is 0 Å². The first-order valence-corrected chi connectivity index (χ1v) is 13.7. The minimum absolute atomic E-state index is 0.196. The van der Waals surface area contributed by atoms with Crippen LogP contribution in [0.1, 0.15) is 47.4 Å². The highest BCUT2D eigenvalue weighted by atomic mass is 19.1. The van der Waals surface area contributed by atoms with Crippen molar-refractivity contribution in [1.29, 1.82) is 0 Å². The van der Waals surface area contributed by atoms with Crippen molar-refractivity contribution in [2.24, 2.45) is 0 Å². The number of hydroxylamine groups is 2. The van der Waals surface area contributed by atoms with Crippen LogP contribution in [-0.2, 0) is 17.0 Å². The van der Waals surface area contributed by atoms with Crippen LogP contribution in [0.3, 0.4) is 0 Å².